The predicted molar refractivity (Wildman–Crippen MR) is 138 cm³/mol. The van der Waals surface area contributed by atoms with Crippen molar-refractivity contribution in [1.29, 1.82) is 0 Å². The average Bonchev–Trinajstić information content (AvgIpc) is 3.17. The molecule has 196 valence electrons. The Morgan fingerprint density at radius 3 is 2.61 bits per heavy atom. The van der Waals surface area contributed by atoms with Crippen LogP contribution in [0.25, 0.3) is 0 Å². The topological polar surface area (TPSA) is 71.1 Å². The van der Waals surface area contributed by atoms with Gasteiger partial charge in [0, 0.05) is 18.9 Å². The Labute approximate surface area is 215 Å². The molecule has 1 saturated heterocycles. The predicted octanol–water partition coefficient (Wildman–Crippen LogP) is 5.34. The van der Waals surface area contributed by atoms with Crippen molar-refractivity contribution in [2.75, 3.05) is 6.61 Å². The number of allylic oxidation sites excluding steroid dienone is 2. The van der Waals surface area contributed by atoms with Gasteiger partial charge in [0.15, 0.2) is 5.78 Å². The van der Waals surface area contributed by atoms with Crippen LogP contribution in [0.2, 0.25) is 0 Å². The number of rotatable bonds is 2. The van der Waals surface area contributed by atoms with Crippen molar-refractivity contribution >= 4 is 11.8 Å². The molecule has 0 saturated carbocycles. The lowest BCUT2D eigenvalue weighted by Gasteiger charge is -2.27. The van der Waals surface area contributed by atoms with Gasteiger partial charge in [-0.3, -0.25) is 4.79 Å². The smallest absolute Gasteiger partial charge is 0.330 e. The highest BCUT2D eigenvalue weighted by molar-refractivity contribution is 5.90. The molecule has 1 fully saturated rings. The summed E-state index contributed by atoms with van der Waals surface area (Å²) in [5.74, 6) is 0.0647. The number of carbonyl (C=O) groups excluding carboxylic acids is 2. The fraction of sp³-hybridized carbons (Fsp3) is 0.600. The van der Waals surface area contributed by atoms with Crippen LogP contribution in [0.15, 0.2) is 59.8 Å². The zero-order chi connectivity index (χ0) is 25.5. The minimum Gasteiger partial charge on any atom is -0.456 e. The molecule has 7 atom stereocenters. The molecular formula is C30H40O6. The maximum absolute atomic E-state index is 12.8. The van der Waals surface area contributed by atoms with Gasteiger partial charge < -0.3 is 18.9 Å². The number of hydrogen-bond donors (Lipinski definition) is 0. The molecule has 4 aliphatic heterocycles. The van der Waals surface area contributed by atoms with Crippen LogP contribution in [-0.2, 0) is 28.5 Å². The number of ether oxygens (including phenoxy) is 4. The van der Waals surface area contributed by atoms with E-state index in [1.807, 2.05) is 25.2 Å². The monoisotopic (exact) mass is 496 g/mol. The third-order valence-corrected chi connectivity index (χ3v) is 7.17. The van der Waals surface area contributed by atoms with Crippen molar-refractivity contribution in [3.05, 3.63) is 59.8 Å². The Morgan fingerprint density at radius 2 is 1.78 bits per heavy atom. The van der Waals surface area contributed by atoms with E-state index in [2.05, 4.69) is 32.1 Å². The van der Waals surface area contributed by atoms with Gasteiger partial charge in [-0.25, -0.2) is 4.79 Å². The van der Waals surface area contributed by atoms with Crippen molar-refractivity contribution in [2.24, 2.45) is 5.92 Å². The van der Waals surface area contributed by atoms with E-state index in [0.717, 1.165) is 31.3 Å². The zero-order valence-electron chi connectivity index (χ0n) is 21.8. The first-order chi connectivity index (χ1) is 17.3. The summed E-state index contributed by atoms with van der Waals surface area (Å²) in [5.41, 5.74) is 2.37. The van der Waals surface area contributed by atoms with Crippen molar-refractivity contribution in [3.63, 3.8) is 0 Å². The van der Waals surface area contributed by atoms with E-state index >= 15 is 0 Å². The fourth-order valence-electron chi connectivity index (χ4n) is 5.51. The van der Waals surface area contributed by atoms with Crippen LogP contribution >= 0.6 is 0 Å². The number of fused-ring (bicyclic) bond motifs is 4. The Kier molecular flexibility index (Phi) is 9.52. The maximum Gasteiger partial charge on any atom is 0.330 e. The standard InChI is InChI=1S/C30H40O6/c1-20-12-13-33-25(16-20)10-11-28-29-19-27(35-28)18-23(31)15-21(2)14-22(3)17-26-8-4-6-24(34-26)7-5-9-30(32)36-29/h4-6,9-12,15,22,24-29H,7-8,13-14,16-19H2,1-3H3/t22-,24-,25+,26-,27?,28-,29-/m0/s1. The lowest BCUT2D eigenvalue weighted by molar-refractivity contribution is -0.144. The van der Waals surface area contributed by atoms with Gasteiger partial charge >= 0.3 is 5.97 Å². The molecule has 6 nitrogen and oxygen atoms in total. The first-order valence-corrected chi connectivity index (χ1v) is 13.3. The third kappa shape index (κ3) is 8.12. The average molecular weight is 497 g/mol. The summed E-state index contributed by atoms with van der Waals surface area (Å²) in [5, 5.41) is 0. The van der Waals surface area contributed by atoms with Crippen LogP contribution in [0.5, 0.6) is 0 Å². The maximum atomic E-state index is 12.8. The number of hydrogen-bond acceptors (Lipinski definition) is 6. The number of esters is 1. The quantitative estimate of drug-likeness (QED) is 0.380. The summed E-state index contributed by atoms with van der Waals surface area (Å²) < 4.78 is 24.0. The summed E-state index contributed by atoms with van der Waals surface area (Å²) >= 11 is 0. The number of ketones is 1. The second kappa shape index (κ2) is 12.8. The molecule has 0 aromatic rings. The van der Waals surface area contributed by atoms with Gasteiger partial charge in [0.2, 0.25) is 0 Å². The van der Waals surface area contributed by atoms with E-state index in [1.165, 1.54) is 11.6 Å². The van der Waals surface area contributed by atoms with Gasteiger partial charge in [0.25, 0.3) is 0 Å². The Morgan fingerprint density at radius 1 is 0.917 bits per heavy atom. The van der Waals surface area contributed by atoms with Gasteiger partial charge in [-0.2, -0.15) is 0 Å². The highest BCUT2D eigenvalue weighted by Crippen LogP contribution is 2.29. The summed E-state index contributed by atoms with van der Waals surface area (Å²) in [6.07, 6.45) is 19.2. The molecule has 4 aliphatic rings. The van der Waals surface area contributed by atoms with Crippen LogP contribution < -0.4 is 0 Å². The minimum absolute atomic E-state index is 0.0232. The van der Waals surface area contributed by atoms with Crippen LogP contribution in [-0.4, -0.2) is 55.0 Å². The van der Waals surface area contributed by atoms with Crippen LogP contribution in [0.1, 0.15) is 65.7 Å². The molecule has 36 heavy (non-hydrogen) atoms. The lowest BCUT2D eigenvalue weighted by Crippen LogP contribution is -2.26. The summed E-state index contributed by atoms with van der Waals surface area (Å²) in [4.78, 5) is 25.4. The van der Waals surface area contributed by atoms with Crippen molar-refractivity contribution in [2.45, 2.75) is 102 Å². The Balaban J connectivity index is 1.48. The van der Waals surface area contributed by atoms with E-state index in [4.69, 9.17) is 18.9 Å². The molecule has 0 aromatic heterocycles. The molecule has 0 radical (unpaired) electrons. The van der Waals surface area contributed by atoms with Crippen molar-refractivity contribution in [1.82, 2.24) is 0 Å². The van der Waals surface area contributed by atoms with Gasteiger partial charge in [-0.1, -0.05) is 54.5 Å². The second-order valence-electron chi connectivity index (χ2n) is 10.7. The fourth-order valence-corrected chi connectivity index (χ4v) is 5.51. The van der Waals surface area contributed by atoms with Crippen molar-refractivity contribution < 1.29 is 28.5 Å². The van der Waals surface area contributed by atoms with Crippen molar-refractivity contribution in [3.8, 4) is 0 Å². The van der Waals surface area contributed by atoms with Crippen LogP contribution in [0, 0.1) is 5.92 Å². The van der Waals surface area contributed by atoms with Crippen LogP contribution in [0.4, 0.5) is 0 Å². The Hall–Kier alpha value is -2.28. The molecule has 0 spiro atoms. The zero-order valence-corrected chi connectivity index (χ0v) is 21.8. The molecular weight excluding hydrogens is 456 g/mol. The normalized spacial score (nSPS) is 36.7. The van der Waals surface area contributed by atoms with E-state index in [1.54, 1.807) is 6.08 Å². The minimum atomic E-state index is -0.449. The van der Waals surface area contributed by atoms with Gasteiger partial charge in [-0.15, -0.1) is 0 Å². The lowest BCUT2D eigenvalue weighted by atomic mass is 9.93. The third-order valence-electron chi connectivity index (χ3n) is 7.17. The first-order valence-electron chi connectivity index (χ1n) is 13.3. The summed E-state index contributed by atoms with van der Waals surface area (Å²) in [7, 11) is 0. The molecule has 4 bridgehead atoms. The highest BCUT2D eigenvalue weighted by Gasteiger charge is 2.37. The number of carbonyl (C=O) groups is 2. The van der Waals surface area contributed by atoms with E-state index in [-0.39, 0.29) is 36.6 Å². The van der Waals surface area contributed by atoms with Gasteiger partial charge in [0.1, 0.15) is 12.2 Å². The van der Waals surface area contributed by atoms with E-state index < -0.39 is 18.2 Å². The van der Waals surface area contributed by atoms with E-state index in [0.29, 0.717) is 25.4 Å². The molecule has 0 amide bonds. The molecule has 6 heteroatoms. The second-order valence-corrected chi connectivity index (χ2v) is 10.7. The van der Waals surface area contributed by atoms with Gasteiger partial charge in [0.05, 0.1) is 31.0 Å². The molecule has 1 unspecified atom stereocenters. The summed E-state index contributed by atoms with van der Waals surface area (Å²) in [6, 6.07) is 0. The van der Waals surface area contributed by atoms with E-state index in [9.17, 15) is 9.59 Å². The summed E-state index contributed by atoms with van der Waals surface area (Å²) in [6.45, 7) is 6.92. The molecule has 4 rings (SSSR count). The largest absolute Gasteiger partial charge is 0.456 e. The van der Waals surface area contributed by atoms with Crippen LogP contribution in [0.3, 0.4) is 0 Å². The molecule has 0 aromatic carbocycles. The Bertz CT molecular complexity index is 941. The highest BCUT2D eigenvalue weighted by atomic mass is 16.6. The molecule has 0 aliphatic carbocycles. The molecule has 4 heterocycles. The molecule has 0 N–H and O–H groups in total. The first kappa shape index (κ1) is 26.8. The SMILES string of the molecule is CC1=CC(=O)CC2C[C@H](OC(=O)C=CC[C@@H]3C=CC[C@@H](C[C@@H](C)C1)O3)[C@H](C=C[C@@H]1CC(C)=CCO1)O2. The van der Waals surface area contributed by atoms with Gasteiger partial charge in [-0.05, 0) is 57.9 Å².